The Morgan fingerprint density at radius 2 is 1.93 bits per heavy atom. The summed E-state index contributed by atoms with van der Waals surface area (Å²) >= 11 is 0. The Balaban J connectivity index is 2.00. The van der Waals surface area contributed by atoms with E-state index in [0.717, 1.165) is 19.3 Å². The minimum atomic E-state index is 0.00836. The van der Waals surface area contributed by atoms with Crippen molar-refractivity contribution in [2.75, 3.05) is 6.61 Å². The first kappa shape index (κ1) is 12.5. The summed E-state index contributed by atoms with van der Waals surface area (Å²) in [5.74, 6) is 0.655. The number of unbranched alkanes of at least 4 members (excludes halogenated alkanes) is 2. The van der Waals surface area contributed by atoms with Crippen LogP contribution in [-0.4, -0.2) is 12.6 Å². The third-order valence-electron chi connectivity index (χ3n) is 3.19. The van der Waals surface area contributed by atoms with Gasteiger partial charge in [0.2, 0.25) is 0 Å². The quantitative estimate of drug-likeness (QED) is 0.496. The molecule has 15 heavy (non-hydrogen) atoms. The Morgan fingerprint density at radius 1 is 1.20 bits per heavy atom. The van der Waals surface area contributed by atoms with Gasteiger partial charge in [-0.3, -0.25) is 4.79 Å². The highest BCUT2D eigenvalue weighted by atomic mass is 16.5. The van der Waals surface area contributed by atoms with E-state index < -0.39 is 0 Å². The molecule has 0 N–H and O–H groups in total. The van der Waals surface area contributed by atoms with E-state index in [9.17, 15) is 4.79 Å². The fourth-order valence-corrected chi connectivity index (χ4v) is 2.16. The molecule has 1 saturated carbocycles. The average molecular weight is 212 g/mol. The summed E-state index contributed by atoms with van der Waals surface area (Å²) in [6.07, 6.45) is 10.4. The van der Waals surface area contributed by atoms with Crippen molar-refractivity contribution in [3.63, 3.8) is 0 Å². The third-order valence-corrected chi connectivity index (χ3v) is 3.19. The van der Waals surface area contributed by atoms with Crippen LogP contribution in [0.3, 0.4) is 0 Å². The lowest BCUT2D eigenvalue weighted by atomic mass is 9.90. The van der Waals surface area contributed by atoms with Crippen LogP contribution in [0.4, 0.5) is 0 Å². The van der Waals surface area contributed by atoms with Crippen molar-refractivity contribution in [2.45, 2.75) is 64.7 Å². The summed E-state index contributed by atoms with van der Waals surface area (Å²) in [6, 6.07) is 0. The zero-order valence-corrected chi connectivity index (χ0v) is 9.96. The molecule has 88 valence electrons. The standard InChI is InChI=1S/C13H24O2/c1-2-3-5-10-13(14)15-11-12-8-6-4-7-9-12/h12H,2-11H2,1H3. The minimum Gasteiger partial charge on any atom is -0.465 e. The van der Waals surface area contributed by atoms with Gasteiger partial charge in [0.1, 0.15) is 0 Å². The van der Waals surface area contributed by atoms with Crippen LogP contribution >= 0.6 is 0 Å². The van der Waals surface area contributed by atoms with E-state index in [1.807, 2.05) is 0 Å². The maximum Gasteiger partial charge on any atom is 0.305 e. The predicted octanol–water partition coefficient (Wildman–Crippen LogP) is 3.69. The van der Waals surface area contributed by atoms with Gasteiger partial charge in [-0.05, 0) is 25.2 Å². The molecule has 1 aliphatic carbocycles. The lowest BCUT2D eigenvalue weighted by molar-refractivity contribution is -0.145. The van der Waals surface area contributed by atoms with Crippen LogP contribution in [0.2, 0.25) is 0 Å². The minimum absolute atomic E-state index is 0.00836. The smallest absolute Gasteiger partial charge is 0.305 e. The normalized spacial score (nSPS) is 17.7. The molecule has 2 heteroatoms. The number of rotatable bonds is 6. The highest BCUT2D eigenvalue weighted by molar-refractivity contribution is 5.69. The van der Waals surface area contributed by atoms with Crippen LogP contribution in [0.25, 0.3) is 0 Å². The van der Waals surface area contributed by atoms with Crippen LogP contribution in [-0.2, 0) is 9.53 Å². The van der Waals surface area contributed by atoms with Crippen molar-refractivity contribution < 1.29 is 9.53 Å². The molecule has 0 unspecified atom stereocenters. The van der Waals surface area contributed by atoms with Gasteiger partial charge in [-0.2, -0.15) is 0 Å². The SMILES string of the molecule is CCCCCC(=O)OCC1CCCCC1. The van der Waals surface area contributed by atoms with E-state index in [0.29, 0.717) is 18.9 Å². The Bertz CT molecular complexity index is 171. The molecule has 1 aliphatic rings. The van der Waals surface area contributed by atoms with E-state index in [1.54, 1.807) is 0 Å². The first-order valence-corrected chi connectivity index (χ1v) is 6.48. The molecule has 0 heterocycles. The number of hydrogen-bond donors (Lipinski definition) is 0. The lowest BCUT2D eigenvalue weighted by Gasteiger charge is -2.20. The van der Waals surface area contributed by atoms with Crippen molar-refractivity contribution in [1.82, 2.24) is 0 Å². The van der Waals surface area contributed by atoms with Gasteiger partial charge in [0.05, 0.1) is 6.61 Å². The van der Waals surface area contributed by atoms with Crippen LogP contribution in [0.5, 0.6) is 0 Å². The number of ether oxygens (including phenoxy) is 1. The van der Waals surface area contributed by atoms with Crippen molar-refractivity contribution in [1.29, 1.82) is 0 Å². The summed E-state index contributed by atoms with van der Waals surface area (Å²) in [7, 11) is 0. The second kappa shape index (κ2) is 7.72. The first-order valence-electron chi connectivity index (χ1n) is 6.48. The Hall–Kier alpha value is -0.530. The molecular weight excluding hydrogens is 188 g/mol. The monoisotopic (exact) mass is 212 g/mol. The van der Waals surface area contributed by atoms with Crippen LogP contribution in [0, 0.1) is 5.92 Å². The summed E-state index contributed by atoms with van der Waals surface area (Å²) in [6.45, 7) is 2.82. The Labute approximate surface area is 93.4 Å². The van der Waals surface area contributed by atoms with Crippen LogP contribution in [0.15, 0.2) is 0 Å². The van der Waals surface area contributed by atoms with Crippen LogP contribution in [0.1, 0.15) is 64.7 Å². The zero-order chi connectivity index (χ0) is 10.9. The number of hydrogen-bond acceptors (Lipinski definition) is 2. The average Bonchev–Trinajstić information content (AvgIpc) is 2.28. The molecule has 0 saturated heterocycles. The first-order chi connectivity index (χ1) is 7.33. The van der Waals surface area contributed by atoms with Gasteiger partial charge < -0.3 is 4.74 Å². The molecular formula is C13H24O2. The van der Waals surface area contributed by atoms with Crippen molar-refractivity contribution in [2.24, 2.45) is 5.92 Å². The fraction of sp³-hybridized carbons (Fsp3) is 0.923. The maximum atomic E-state index is 11.3. The van der Waals surface area contributed by atoms with Gasteiger partial charge in [0.15, 0.2) is 0 Å². The van der Waals surface area contributed by atoms with Crippen molar-refractivity contribution in [3.8, 4) is 0 Å². The zero-order valence-electron chi connectivity index (χ0n) is 9.96. The van der Waals surface area contributed by atoms with E-state index in [1.165, 1.54) is 32.1 Å². The highest BCUT2D eigenvalue weighted by Gasteiger charge is 2.15. The van der Waals surface area contributed by atoms with Gasteiger partial charge in [-0.15, -0.1) is 0 Å². The molecule has 2 nitrogen and oxygen atoms in total. The molecule has 0 spiro atoms. The lowest BCUT2D eigenvalue weighted by Crippen LogP contribution is -2.16. The van der Waals surface area contributed by atoms with Gasteiger partial charge in [0, 0.05) is 6.42 Å². The van der Waals surface area contributed by atoms with Gasteiger partial charge >= 0.3 is 5.97 Å². The Kier molecular flexibility index (Phi) is 6.45. The summed E-state index contributed by atoms with van der Waals surface area (Å²) in [5, 5.41) is 0. The van der Waals surface area contributed by atoms with E-state index in [2.05, 4.69) is 6.92 Å². The van der Waals surface area contributed by atoms with Gasteiger partial charge in [-0.25, -0.2) is 0 Å². The van der Waals surface area contributed by atoms with E-state index in [4.69, 9.17) is 4.74 Å². The van der Waals surface area contributed by atoms with Crippen molar-refractivity contribution >= 4 is 5.97 Å². The van der Waals surface area contributed by atoms with Gasteiger partial charge in [0.25, 0.3) is 0 Å². The highest BCUT2D eigenvalue weighted by Crippen LogP contribution is 2.23. The molecule has 0 aromatic heterocycles. The summed E-state index contributed by atoms with van der Waals surface area (Å²) in [5.41, 5.74) is 0. The molecule has 0 atom stereocenters. The largest absolute Gasteiger partial charge is 0.465 e. The molecule has 1 rings (SSSR count). The van der Waals surface area contributed by atoms with Gasteiger partial charge in [-0.1, -0.05) is 39.0 Å². The topological polar surface area (TPSA) is 26.3 Å². The second-order valence-corrected chi connectivity index (χ2v) is 4.64. The molecule has 1 fully saturated rings. The number of carbonyl (C=O) groups excluding carboxylic acids is 1. The molecule has 0 aromatic rings. The van der Waals surface area contributed by atoms with Crippen LogP contribution < -0.4 is 0 Å². The fourth-order valence-electron chi connectivity index (χ4n) is 2.16. The summed E-state index contributed by atoms with van der Waals surface area (Å²) in [4.78, 5) is 11.3. The Morgan fingerprint density at radius 3 is 2.60 bits per heavy atom. The van der Waals surface area contributed by atoms with E-state index >= 15 is 0 Å². The molecule has 0 radical (unpaired) electrons. The maximum absolute atomic E-state index is 11.3. The molecule has 0 amide bonds. The number of esters is 1. The molecule has 0 bridgehead atoms. The molecule has 0 aliphatic heterocycles. The second-order valence-electron chi connectivity index (χ2n) is 4.64. The van der Waals surface area contributed by atoms with Crippen molar-refractivity contribution in [3.05, 3.63) is 0 Å². The summed E-state index contributed by atoms with van der Waals surface area (Å²) < 4.78 is 5.29. The van der Waals surface area contributed by atoms with E-state index in [-0.39, 0.29) is 5.97 Å². The predicted molar refractivity (Wildman–Crippen MR) is 61.7 cm³/mol. The third kappa shape index (κ3) is 5.81. The number of carbonyl (C=O) groups is 1. The molecule has 0 aromatic carbocycles.